The highest BCUT2D eigenvalue weighted by Crippen LogP contribution is 2.30. The highest BCUT2D eigenvalue weighted by atomic mass is 35.5. The van der Waals surface area contributed by atoms with Crippen molar-refractivity contribution in [3.8, 4) is 0 Å². The van der Waals surface area contributed by atoms with Crippen LogP contribution in [0.4, 0.5) is 4.39 Å². The summed E-state index contributed by atoms with van der Waals surface area (Å²) in [6.07, 6.45) is 0. The summed E-state index contributed by atoms with van der Waals surface area (Å²) in [6.45, 7) is 0. The van der Waals surface area contributed by atoms with Crippen LogP contribution in [0.15, 0.2) is 35.7 Å². The summed E-state index contributed by atoms with van der Waals surface area (Å²) in [5, 5.41) is 2.28. The van der Waals surface area contributed by atoms with E-state index >= 15 is 0 Å². The fraction of sp³-hybridized carbons (Fsp3) is 0.0909. The van der Waals surface area contributed by atoms with Crippen molar-refractivity contribution in [3.63, 3.8) is 0 Å². The third kappa shape index (κ3) is 2.04. The van der Waals surface area contributed by atoms with E-state index in [0.717, 1.165) is 4.88 Å². The lowest BCUT2D eigenvalue weighted by Gasteiger charge is -2.12. The van der Waals surface area contributed by atoms with Crippen LogP contribution >= 0.6 is 22.9 Å². The summed E-state index contributed by atoms with van der Waals surface area (Å²) in [5.41, 5.74) is 6.31. The van der Waals surface area contributed by atoms with E-state index in [9.17, 15) is 4.39 Å². The van der Waals surface area contributed by atoms with E-state index in [-0.39, 0.29) is 5.82 Å². The molecule has 0 bridgehead atoms. The van der Waals surface area contributed by atoms with Gasteiger partial charge < -0.3 is 5.73 Å². The van der Waals surface area contributed by atoms with E-state index in [4.69, 9.17) is 17.3 Å². The molecular formula is C11H9ClFNS. The first-order chi connectivity index (χ1) is 7.20. The number of rotatable bonds is 2. The molecule has 15 heavy (non-hydrogen) atoms. The molecular weight excluding hydrogens is 233 g/mol. The highest BCUT2D eigenvalue weighted by molar-refractivity contribution is 7.10. The predicted molar refractivity (Wildman–Crippen MR) is 61.8 cm³/mol. The number of thiophene rings is 1. The molecule has 0 fully saturated rings. The Morgan fingerprint density at radius 2 is 2.07 bits per heavy atom. The molecule has 0 aliphatic heterocycles. The normalized spacial score (nSPS) is 12.7. The molecule has 78 valence electrons. The molecule has 0 unspecified atom stereocenters. The molecule has 1 atom stereocenters. The minimum absolute atomic E-state index is 0.358. The molecule has 2 rings (SSSR count). The van der Waals surface area contributed by atoms with Crippen molar-refractivity contribution in [2.45, 2.75) is 6.04 Å². The third-order valence-electron chi connectivity index (χ3n) is 2.16. The lowest BCUT2D eigenvalue weighted by atomic mass is 10.1. The zero-order chi connectivity index (χ0) is 10.8. The summed E-state index contributed by atoms with van der Waals surface area (Å²) < 4.78 is 13.5. The van der Waals surface area contributed by atoms with Gasteiger partial charge in [0, 0.05) is 15.5 Å². The zero-order valence-electron chi connectivity index (χ0n) is 7.78. The first-order valence-corrected chi connectivity index (χ1v) is 5.69. The van der Waals surface area contributed by atoms with Gasteiger partial charge in [0.1, 0.15) is 5.82 Å². The standard InChI is InChI=1S/C11H9ClFNS/c12-7-3-1-4-8(13)10(7)11(14)9-5-2-6-15-9/h1-6,11H,14H2/t11-/m1/s1. The molecule has 0 amide bonds. The maximum absolute atomic E-state index is 13.5. The van der Waals surface area contributed by atoms with Crippen molar-refractivity contribution >= 4 is 22.9 Å². The van der Waals surface area contributed by atoms with Gasteiger partial charge >= 0.3 is 0 Å². The molecule has 1 aromatic carbocycles. The quantitative estimate of drug-likeness (QED) is 0.855. The molecule has 1 nitrogen and oxygen atoms in total. The van der Waals surface area contributed by atoms with Crippen LogP contribution in [-0.4, -0.2) is 0 Å². The van der Waals surface area contributed by atoms with Crippen LogP contribution in [0.3, 0.4) is 0 Å². The fourth-order valence-corrected chi connectivity index (χ4v) is 2.43. The van der Waals surface area contributed by atoms with Gasteiger partial charge in [-0.2, -0.15) is 0 Å². The van der Waals surface area contributed by atoms with Crippen molar-refractivity contribution in [1.82, 2.24) is 0 Å². The summed E-state index contributed by atoms with van der Waals surface area (Å²) >= 11 is 7.42. The number of halogens is 2. The van der Waals surface area contributed by atoms with Crippen LogP contribution in [0.5, 0.6) is 0 Å². The van der Waals surface area contributed by atoms with E-state index in [0.29, 0.717) is 10.6 Å². The van der Waals surface area contributed by atoms with Gasteiger partial charge in [-0.15, -0.1) is 11.3 Å². The predicted octanol–water partition coefficient (Wildman–Crippen LogP) is 3.59. The van der Waals surface area contributed by atoms with Gasteiger partial charge in [-0.1, -0.05) is 23.7 Å². The second kappa shape index (κ2) is 4.31. The maximum Gasteiger partial charge on any atom is 0.129 e. The Morgan fingerprint density at radius 1 is 1.27 bits per heavy atom. The lowest BCUT2D eigenvalue weighted by Crippen LogP contribution is -2.12. The molecule has 2 aromatic rings. The molecule has 4 heteroatoms. The average molecular weight is 242 g/mol. The smallest absolute Gasteiger partial charge is 0.129 e. The fourth-order valence-electron chi connectivity index (χ4n) is 1.42. The Kier molecular flexibility index (Phi) is 3.05. The number of benzene rings is 1. The molecule has 0 aliphatic carbocycles. The lowest BCUT2D eigenvalue weighted by molar-refractivity contribution is 0.601. The molecule has 0 radical (unpaired) electrons. The SMILES string of the molecule is N[C@H](c1cccs1)c1c(F)cccc1Cl. The van der Waals surface area contributed by atoms with E-state index in [1.54, 1.807) is 12.1 Å². The first kappa shape index (κ1) is 10.6. The number of hydrogen-bond donors (Lipinski definition) is 1. The Morgan fingerprint density at radius 3 is 2.67 bits per heavy atom. The van der Waals surface area contributed by atoms with Gasteiger partial charge in [0.25, 0.3) is 0 Å². The van der Waals surface area contributed by atoms with Crippen LogP contribution in [0.2, 0.25) is 5.02 Å². The molecule has 0 saturated carbocycles. The van der Waals surface area contributed by atoms with Crippen LogP contribution in [0.25, 0.3) is 0 Å². The highest BCUT2D eigenvalue weighted by Gasteiger charge is 2.17. The maximum atomic E-state index is 13.5. The average Bonchev–Trinajstić information content (AvgIpc) is 2.69. The second-order valence-corrected chi connectivity index (χ2v) is 4.51. The van der Waals surface area contributed by atoms with Crippen molar-refractivity contribution in [2.75, 3.05) is 0 Å². The van der Waals surface area contributed by atoms with Crippen molar-refractivity contribution in [1.29, 1.82) is 0 Å². The van der Waals surface area contributed by atoms with Gasteiger partial charge in [-0.3, -0.25) is 0 Å². The topological polar surface area (TPSA) is 26.0 Å². The number of nitrogens with two attached hydrogens (primary N) is 1. The summed E-state index contributed by atoms with van der Waals surface area (Å²) in [6, 6.07) is 7.86. The van der Waals surface area contributed by atoms with E-state index in [1.807, 2.05) is 17.5 Å². The third-order valence-corrected chi connectivity index (χ3v) is 3.45. The molecule has 2 N–H and O–H groups in total. The van der Waals surface area contributed by atoms with Gasteiger partial charge in [0.05, 0.1) is 6.04 Å². The second-order valence-electron chi connectivity index (χ2n) is 3.13. The van der Waals surface area contributed by atoms with Gasteiger partial charge in [0.2, 0.25) is 0 Å². The van der Waals surface area contributed by atoms with E-state index < -0.39 is 6.04 Å². The van der Waals surface area contributed by atoms with Crippen LogP contribution < -0.4 is 5.73 Å². The van der Waals surface area contributed by atoms with Crippen LogP contribution in [-0.2, 0) is 0 Å². The van der Waals surface area contributed by atoms with Crippen molar-refractivity contribution in [3.05, 3.63) is 57.0 Å². The summed E-state index contributed by atoms with van der Waals surface area (Å²) in [4.78, 5) is 0.905. The van der Waals surface area contributed by atoms with Crippen molar-refractivity contribution < 1.29 is 4.39 Å². The first-order valence-electron chi connectivity index (χ1n) is 4.43. The van der Waals surface area contributed by atoms with Gasteiger partial charge in [-0.05, 0) is 23.6 Å². The molecule has 1 heterocycles. The van der Waals surface area contributed by atoms with Gasteiger partial charge in [-0.25, -0.2) is 4.39 Å². The zero-order valence-corrected chi connectivity index (χ0v) is 9.36. The Balaban J connectivity index is 2.46. The molecule has 1 aromatic heterocycles. The molecule has 0 aliphatic rings. The molecule has 0 spiro atoms. The van der Waals surface area contributed by atoms with Crippen LogP contribution in [0, 0.1) is 5.82 Å². The van der Waals surface area contributed by atoms with E-state index in [2.05, 4.69) is 0 Å². The Labute approximate surface area is 96.3 Å². The largest absolute Gasteiger partial charge is 0.319 e. The minimum Gasteiger partial charge on any atom is -0.319 e. The monoisotopic (exact) mass is 241 g/mol. The van der Waals surface area contributed by atoms with Gasteiger partial charge in [0.15, 0.2) is 0 Å². The Hall–Kier alpha value is -0.900. The van der Waals surface area contributed by atoms with Crippen molar-refractivity contribution in [2.24, 2.45) is 5.73 Å². The van der Waals surface area contributed by atoms with Crippen LogP contribution in [0.1, 0.15) is 16.5 Å². The summed E-state index contributed by atoms with van der Waals surface area (Å²) in [7, 11) is 0. The number of hydrogen-bond acceptors (Lipinski definition) is 2. The Bertz CT molecular complexity index is 435. The molecule has 0 saturated heterocycles. The summed E-state index contributed by atoms with van der Waals surface area (Å²) in [5.74, 6) is -0.358. The van der Waals surface area contributed by atoms with E-state index in [1.165, 1.54) is 17.4 Å². The minimum atomic E-state index is -0.487.